The minimum atomic E-state index is -0.117. The predicted molar refractivity (Wildman–Crippen MR) is 245 cm³/mol. The Kier molecular flexibility index (Phi) is 8.16. The second-order valence-corrected chi connectivity index (χ2v) is 16.0. The molecule has 0 amide bonds. The van der Waals surface area contributed by atoms with E-state index in [4.69, 9.17) is 9.97 Å². The molecule has 1 aliphatic rings. The molecule has 0 radical (unpaired) electrons. The molecule has 0 saturated carbocycles. The van der Waals surface area contributed by atoms with Gasteiger partial charge >= 0.3 is 0 Å². The number of pyridine rings is 1. The lowest BCUT2D eigenvalue weighted by Gasteiger charge is -2.23. The van der Waals surface area contributed by atoms with Crippen LogP contribution in [0.5, 0.6) is 0 Å². The molecule has 2 aromatic heterocycles. The van der Waals surface area contributed by atoms with Crippen LogP contribution in [0.1, 0.15) is 25.0 Å². The van der Waals surface area contributed by atoms with Gasteiger partial charge in [-0.3, -0.25) is 4.98 Å². The molecule has 0 atom stereocenters. The van der Waals surface area contributed by atoms with Crippen LogP contribution in [0.3, 0.4) is 0 Å². The third kappa shape index (κ3) is 5.85. The van der Waals surface area contributed by atoms with Crippen LogP contribution in [-0.4, -0.2) is 15.0 Å². The first kappa shape index (κ1) is 34.7. The smallest absolute Gasteiger partial charge is 0.161 e. The molecule has 10 aromatic rings. The summed E-state index contributed by atoms with van der Waals surface area (Å²) in [6.07, 6.45) is 3.69. The summed E-state index contributed by atoms with van der Waals surface area (Å²) < 4.78 is 0. The van der Waals surface area contributed by atoms with E-state index in [0.717, 1.165) is 50.0 Å². The van der Waals surface area contributed by atoms with Crippen LogP contribution in [0.4, 0.5) is 0 Å². The van der Waals surface area contributed by atoms with Crippen LogP contribution in [0, 0.1) is 0 Å². The standard InChI is InChI=1S/C56H39N3/c1-56(2)50-23-11-22-44(53(50)49-29-28-37-13-6-7-19-45(37)54(49)56)41-17-10-16-40(33-41)43-30-31-48(47-21-9-8-20-46(43)47)55-58-51(38-14-4-3-5-15-38)34-52(59-55)39-26-24-36(25-27-39)42-18-12-32-57-35-42/h3-35H,1-2H3. The van der Waals surface area contributed by atoms with Gasteiger partial charge in [0.05, 0.1) is 11.4 Å². The largest absolute Gasteiger partial charge is 0.264 e. The van der Waals surface area contributed by atoms with E-state index in [1.54, 1.807) is 6.20 Å². The van der Waals surface area contributed by atoms with Crippen molar-refractivity contribution in [2.45, 2.75) is 19.3 Å². The van der Waals surface area contributed by atoms with E-state index in [-0.39, 0.29) is 5.41 Å². The fraction of sp³-hybridized carbons (Fsp3) is 0.0536. The van der Waals surface area contributed by atoms with Crippen LogP contribution in [0.25, 0.3) is 100.0 Å². The highest BCUT2D eigenvalue weighted by molar-refractivity contribution is 6.06. The van der Waals surface area contributed by atoms with E-state index in [1.807, 2.05) is 18.3 Å². The Morgan fingerprint density at radius 2 is 0.983 bits per heavy atom. The first-order valence-corrected chi connectivity index (χ1v) is 20.3. The molecular weight excluding hydrogens is 715 g/mol. The Labute approximate surface area is 344 Å². The van der Waals surface area contributed by atoms with Crippen LogP contribution in [0.2, 0.25) is 0 Å². The zero-order valence-electron chi connectivity index (χ0n) is 32.9. The number of fused-ring (bicyclic) bond motifs is 6. The minimum Gasteiger partial charge on any atom is -0.264 e. The van der Waals surface area contributed by atoms with Gasteiger partial charge in [0.15, 0.2) is 5.82 Å². The maximum atomic E-state index is 5.27. The molecule has 0 spiro atoms. The maximum Gasteiger partial charge on any atom is 0.161 e. The Morgan fingerprint density at radius 1 is 0.390 bits per heavy atom. The lowest BCUT2D eigenvalue weighted by Crippen LogP contribution is -2.15. The molecule has 3 nitrogen and oxygen atoms in total. The van der Waals surface area contributed by atoms with Gasteiger partial charge in [0.25, 0.3) is 0 Å². The van der Waals surface area contributed by atoms with Gasteiger partial charge in [0.1, 0.15) is 0 Å². The van der Waals surface area contributed by atoms with Crippen molar-refractivity contribution >= 4 is 21.5 Å². The normalized spacial score (nSPS) is 12.7. The summed E-state index contributed by atoms with van der Waals surface area (Å²) in [6, 6.07) is 67.5. The van der Waals surface area contributed by atoms with Crippen molar-refractivity contribution in [3.8, 4) is 78.4 Å². The van der Waals surface area contributed by atoms with E-state index in [0.29, 0.717) is 5.82 Å². The summed E-state index contributed by atoms with van der Waals surface area (Å²) in [7, 11) is 0. The van der Waals surface area contributed by atoms with Crippen molar-refractivity contribution in [3.63, 3.8) is 0 Å². The van der Waals surface area contributed by atoms with Gasteiger partial charge in [-0.15, -0.1) is 0 Å². The van der Waals surface area contributed by atoms with Crippen molar-refractivity contribution in [2.75, 3.05) is 0 Å². The van der Waals surface area contributed by atoms with Gasteiger partial charge in [-0.25, -0.2) is 9.97 Å². The summed E-state index contributed by atoms with van der Waals surface area (Å²) in [5, 5.41) is 4.90. The lowest BCUT2D eigenvalue weighted by molar-refractivity contribution is 0.666. The molecule has 0 unspecified atom stereocenters. The summed E-state index contributed by atoms with van der Waals surface area (Å²) in [6.45, 7) is 4.75. The van der Waals surface area contributed by atoms with E-state index < -0.39 is 0 Å². The predicted octanol–water partition coefficient (Wildman–Crippen LogP) is 14.5. The zero-order chi connectivity index (χ0) is 39.5. The molecule has 0 bridgehead atoms. The molecule has 0 fully saturated rings. The van der Waals surface area contributed by atoms with Gasteiger partial charge in [-0.2, -0.15) is 0 Å². The minimum absolute atomic E-state index is 0.117. The average Bonchev–Trinajstić information content (AvgIpc) is 3.55. The molecular formula is C56H39N3. The molecule has 8 aromatic carbocycles. The number of nitrogens with zero attached hydrogens (tertiary/aromatic N) is 3. The number of aromatic nitrogens is 3. The van der Waals surface area contributed by atoms with Crippen molar-refractivity contribution in [1.82, 2.24) is 15.0 Å². The molecule has 3 heteroatoms. The lowest BCUT2D eigenvalue weighted by atomic mass is 9.80. The fourth-order valence-electron chi connectivity index (χ4n) is 9.33. The van der Waals surface area contributed by atoms with E-state index in [2.05, 4.69) is 195 Å². The maximum absolute atomic E-state index is 5.27. The number of hydrogen-bond donors (Lipinski definition) is 0. The average molecular weight is 754 g/mol. The number of hydrogen-bond acceptors (Lipinski definition) is 3. The molecule has 59 heavy (non-hydrogen) atoms. The SMILES string of the molecule is CC1(C)c2cccc(-c3cccc(-c4ccc(-c5nc(-c6ccccc6)cc(-c6ccc(-c7cccnc7)cc6)n5)c5ccccc45)c3)c2-c2ccc3ccccc3c21. The first-order chi connectivity index (χ1) is 29.0. The fourth-order valence-corrected chi connectivity index (χ4v) is 9.33. The highest BCUT2D eigenvalue weighted by Gasteiger charge is 2.38. The summed E-state index contributed by atoms with van der Waals surface area (Å²) in [4.78, 5) is 14.8. The van der Waals surface area contributed by atoms with E-state index >= 15 is 0 Å². The third-order valence-electron chi connectivity index (χ3n) is 12.2. The van der Waals surface area contributed by atoms with Crippen molar-refractivity contribution in [2.24, 2.45) is 0 Å². The molecule has 0 aliphatic heterocycles. The van der Waals surface area contributed by atoms with Crippen molar-refractivity contribution in [3.05, 3.63) is 212 Å². The van der Waals surface area contributed by atoms with Crippen LogP contribution in [0.15, 0.2) is 200 Å². The molecule has 278 valence electrons. The Balaban J connectivity index is 1.03. The van der Waals surface area contributed by atoms with Gasteiger partial charge in [0.2, 0.25) is 0 Å². The van der Waals surface area contributed by atoms with Gasteiger partial charge in [-0.1, -0.05) is 178 Å². The molecule has 0 saturated heterocycles. The summed E-state index contributed by atoms with van der Waals surface area (Å²) >= 11 is 0. The Morgan fingerprint density at radius 3 is 1.75 bits per heavy atom. The highest BCUT2D eigenvalue weighted by atomic mass is 14.9. The summed E-state index contributed by atoms with van der Waals surface area (Å²) in [5.74, 6) is 0.697. The monoisotopic (exact) mass is 753 g/mol. The molecule has 2 heterocycles. The van der Waals surface area contributed by atoms with Crippen LogP contribution >= 0.6 is 0 Å². The third-order valence-corrected chi connectivity index (χ3v) is 12.2. The molecule has 0 N–H and O–H groups in total. The van der Waals surface area contributed by atoms with E-state index in [9.17, 15) is 0 Å². The second-order valence-electron chi connectivity index (χ2n) is 16.0. The van der Waals surface area contributed by atoms with Crippen LogP contribution < -0.4 is 0 Å². The Hall–Kier alpha value is -7.49. The number of benzene rings is 8. The van der Waals surface area contributed by atoms with Gasteiger partial charge in [-0.05, 0) is 101 Å². The summed E-state index contributed by atoms with van der Waals surface area (Å²) in [5.41, 5.74) is 17.2. The van der Waals surface area contributed by atoms with Crippen LogP contribution in [-0.2, 0) is 5.41 Å². The zero-order valence-corrected chi connectivity index (χ0v) is 32.9. The van der Waals surface area contributed by atoms with Gasteiger partial charge < -0.3 is 0 Å². The number of rotatable bonds is 6. The molecule has 11 rings (SSSR count). The Bertz CT molecular complexity index is 3220. The second kappa shape index (κ2) is 13.9. The first-order valence-electron chi connectivity index (χ1n) is 20.3. The van der Waals surface area contributed by atoms with Crippen molar-refractivity contribution in [1.29, 1.82) is 0 Å². The van der Waals surface area contributed by atoms with Crippen molar-refractivity contribution < 1.29 is 0 Å². The highest BCUT2D eigenvalue weighted by Crippen LogP contribution is 2.54. The van der Waals surface area contributed by atoms with E-state index in [1.165, 1.54) is 55.3 Å². The molecule has 1 aliphatic carbocycles. The topological polar surface area (TPSA) is 38.7 Å². The van der Waals surface area contributed by atoms with Gasteiger partial charge in [0, 0.05) is 34.5 Å². The quantitative estimate of drug-likeness (QED) is 0.170.